The smallest absolute Gasteiger partial charge is 0.234 e. The molecule has 2 atom stereocenters. The maximum atomic E-state index is 5.71. The first-order valence-corrected chi connectivity index (χ1v) is 7.42. The first kappa shape index (κ1) is 14.5. The van der Waals surface area contributed by atoms with Gasteiger partial charge in [0.25, 0.3) is 0 Å². The normalized spacial score (nSPS) is 24.8. The van der Waals surface area contributed by atoms with Crippen LogP contribution < -0.4 is 5.32 Å². The third kappa shape index (κ3) is 2.98. The van der Waals surface area contributed by atoms with Gasteiger partial charge in [0, 0.05) is 13.2 Å². The van der Waals surface area contributed by atoms with Crippen molar-refractivity contribution < 1.29 is 9.26 Å². The van der Waals surface area contributed by atoms with Gasteiger partial charge in [0.05, 0.1) is 5.41 Å². The molecule has 1 N–H and O–H groups in total. The number of hydrogen-bond acceptors (Lipinski definition) is 5. The van der Waals surface area contributed by atoms with Crippen LogP contribution >= 0.6 is 0 Å². The first-order valence-electron chi connectivity index (χ1n) is 7.42. The lowest BCUT2D eigenvalue weighted by molar-refractivity contribution is 0.0477. The Labute approximate surface area is 115 Å². The molecule has 2 heterocycles. The van der Waals surface area contributed by atoms with E-state index in [1.165, 1.54) is 0 Å². The summed E-state index contributed by atoms with van der Waals surface area (Å²) < 4.78 is 11.2. The van der Waals surface area contributed by atoms with E-state index in [0.29, 0.717) is 12.4 Å². The van der Waals surface area contributed by atoms with Crippen LogP contribution in [0.4, 0.5) is 0 Å². The molecule has 0 amide bonds. The minimum atomic E-state index is -0.0317. The van der Waals surface area contributed by atoms with Gasteiger partial charge in [-0.3, -0.25) is 0 Å². The van der Waals surface area contributed by atoms with Gasteiger partial charge in [0.2, 0.25) is 11.7 Å². The van der Waals surface area contributed by atoms with Crippen LogP contribution in [0.2, 0.25) is 0 Å². The molecule has 0 spiro atoms. The molecule has 1 saturated heterocycles. The first-order chi connectivity index (χ1) is 9.25. The summed E-state index contributed by atoms with van der Waals surface area (Å²) in [4.78, 5) is 4.63. The van der Waals surface area contributed by atoms with Gasteiger partial charge < -0.3 is 14.6 Å². The van der Waals surface area contributed by atoms with E-state index in [1.54, 1.807) is 0 Å². The van der Waals surface area contributed by atoms with E-state index in [2.05, 4.69) is 29.3 Å². The van der Waals surface area contributed by atoms with Gasteiger partial charge >= 0.3 is 0 Å². The molecule has 1 aromatic heterocycles. The number of aromatic nitrogens is 2. The monoisotopic (exact) mass is 267 g/mol. The van der Waals surface area contributed by atoms with Gasteiger partial charge in [-0.15, -0.1) is 0 Å². The van der Waals surface area contributed by atoms with E-state index < -0.39 is 0 Å². The topological polar surface area (TPSA) is 60.2 Å². The molecule has 2 unspecified atom stereocenters. The fourth-order valence-corrected chi connectivity index (χ4v) is 2.71. The molecule has 0 aromatic carbocycles. The fourth-order valence-electron chi connectivity index (χ4n) is 2.71. The highest BCUT2D eigenvalue weighted by molar-refractivity contribution is 5.10. The number of nitrogens with one attached hydrogen (secondary N) is 1. The van der Waals surface area contributed by atoms with Crippen molar-refractivity contribution in [3.8, 4) is 0 Å². The molecule has 0 saturated carbocycles. The molecule has 1 fully saturated rings. The average Bonchev–Trinajstić information content (AvgIpc) is 3.08. The molecule has 108 valence electrons. The van der Waals surface area contributed by atoms with Crippen LogP contribution in [0.15, 0.2) is 4.52 Å². The largest absolute Gasteiger partial charge is 0.370 e. The SMILES string of the molecule is CCCC(OCC)c1noc(C2(CC)CCNC2)n1. The molecule has 1 aromatic rings. The summed E-state index contributed by atoms with van der Waals surface area (Å²) in [5, 5.41) is 7.54. The van der Waals surface area contributed by atoms with Crippen molar-refractivity contribution in [2.75, 3.05) is 19.7 Å². The molecule has 19 heavy (non-hydrogen) atoms. The summed E-state index contributed by atoms with van der Waals surface area (Å²) in [6.45, 7) is 8.95. The lowest BCUT2D eigenvalue weighted by Gasteiger charge is -2.21. The number of ether oxygens (including phenoxy) is 1. The Balaban J connectivity index is 2.16. The third-order valence-corrected chi connectivity index (χ3v) is 4.02. The second kappa shape index (κ2) is 6.48. The van der Waals surface area contributed by atoms with Gasteiger partial charge in [-0.25, -0.2) is 0 Å². The highest BCUT2D eigenvalue weighted by atomic mass is 16.5. The Bertz CT molecular complexity index is 380. The van der Waals surface area contributed by atoms with Crippen LogP contribution in [0.25, 0.3) is 0 Å². The minimum absolute atomic E-state index is 0.0221. The molecular weight excluding hydrogens is 242 g/mol. The van der Waals surface area contributed by atoms with Crippen LogP contribution in [-0.2, 0) is 10.2 Å². The number of nitrogens with zero attached hydrogens (tertiary/aromatic N) is 2. The zero-order valence-electron chi connectivity index (χ0n) is 12.2. The summed E-state index contributed by atoms with van der Waals surface area (Å²) in [5.41, 5.74) is 0.0221. The van der Waals surface area contributed by atoms with E-state index >= 15 is 0 Å². The summed E-state index contributed by atoms with van der Waals surface area (Å²) in [7, 11) is 0. The van der Waals surface area contributed by atoms with Crippen molar-refractivity contribution in [1.82, 2.24) is 15.5 Å². The molecular formula is C14H25N3O2. The zero-order chi connectivity index (χ0) is 13.7. The minimum Gasteiger partial charge on any atom is -0.370 e. The van der Waals surface area contributed by atoms with Crippen molar-refractivity contribution in [3.63, 3.8) is 0 Å². The number of rotatable bonds is 7. The van der Waals surface area contributed by atoms with Gasteiger partial charge in [-0.1, -0.05) is 25.4 Å². The van der Waals surface area contributed by atoms with Crippen molar-refractivity contribution in [2.45, 2.75) is 58.0 Å². The third-order valence-electron chi connectivity index (χ3n) is 4.02. The summed E-state index contributed by atoms with van der Waals surface area (Å²) >= 11 is 0. The standard InChI is InChI=1S/C14H25N3O2/c1-4-7-11(18-6-3)12-16-13(19-17-12)14(5-2)8-9-15-10-14/h11,15H,4-10H2,1-3H3. The Morgan fingerprint density at radius 3 is 2.84 bits per heavy atom. The Hall–Kier alpha value is -0.940. The van der Waals surface area contributed by atoms with Crippen LogP contribution in [0.3, 0.4) is 0 Å². The van der Waals surface area contributed by atoms with Crippen molar-refractivity contribution in [1.29, 1.82) is 0 Å². The molecule has 0 aliphatic carbocycles. The lowest BCUT2D eigenvalue weighted by Crippen LogP contribution is -2.28. The summed E-state index contributed by atoms with van der Waals surface area (Å²) in [6, 6.07) is 0. The van der Waals surface area contributed by atoms with Gasteiger partial charge in [-0.2, -0.15) is 4.98 Å². The molecule has 1 aliphatic rings. The Kier molecular flexibility index (Phi) is 4.93. The highest BCUT2D eigenvalue weighted by Crippen LogP contribution is 2.34. The van der Waals surface area contributed by atoms with Crippen molar-refractivity contribution in [2.24, 2.45) is 0 Å². The maximum Gasteiger partial charge on any atom is 0.234 e. The average molecular weight is 267 g/mol. The van der Waals surface area contributed by atoms with E-state index in [9.17, 15) is 0 Å². The molecule has 2 rings (SSSR count). The van der Waals surface area contributed by atoms with E-state index in [1.807, 2.05) is 6.92 Å². The molecule has 0 bridgehead atoms. The molecule has 5 nitrogen and oxygen atoms in total. The van der Waals surface area contributed by atoms with Gasteiger partial charge in [-0.05, 0) is 32.7 Å². The maximum absolute atomic E-state index is 5.71. The summed E-state index contributed by atoms with van der Waals surface area (Å²) in [5.74, 6) is 1.48. The quantitative estimate of drug-likeness (QED) is 0.822. The van der Waals surface area contributed by atoms with Gasteiger partial charge in [0.15, 0.2) is 0 Å². The molecule has 1 aliphatic heterocycles. The fraction of sp³-hybridized carbons (Fsp3) is 0.857. The Morgan fingerprint density at radius 1 is 1.42 bits per heavy atom. The second-order valence-electron chi connectivity index (χ2n) is 5.25. The number of hydrogen-bond donors (Lipinski definition) is 1. The van der Waals surface area contributed by atoms with Crippen molar-refractivity contribution in [3.05, 3.63) is 11.7 Å². The second-order valence-corrected chi connectivity index (χ2v) is 5.25. The van der Waals surface area contributed by atoms with Crippen LogP contribution in [0.5, 0.6) is 0 Å². The molecule has 0 radical (unpaired) electrons. The van der Waals surface area contributed by atoms with Crippen molar-refractivity contribution >= 4 is 0 Å². The highest BCUT2D eigenvalue weighted by Gasteiger charge is 2.39. The van der Waals surface area contributed by atoms with Crippen LogP contribution in [-0.4, -0.2) is 29.8 Å². The zero-order valence-corrected chi connectivity index (χ0v) is 12.2. The van der Waals surface area contributed by atoms with E-state index in [-0.39, 0.29) is 11.5 Å². The molecule has 5 heteroatoms. The Morgan fingerprint density at radius 2 is 2.26 bits per heavy atom. The predicted molar refractivity (Wildman–Crippen MR) is 73.0 cm³/mol. The van der Waals surface area contributed by atoms with Crippen LogP contribution in [0.1, 0.15) is 64.3 Å². The van der Waals surface area contributed by atoms with E-state index in [0.717, 1.165) is 44.7 Å². The van der Waals surface area contributed by atoms with Crippen LogP contribution in [0, 0.1) is 0 Å². The predicted octanol–water partition coefficient (Wildman–Crippen LogP) is 2.59. The van der Waals surface area contributed by atoms with Gasteiger partial charge in [0.1, 0.15) is 6.10 Å². The lowest BCUT2D eigenvalue weighted by atomic mass is 9.84. The summed E-state index contributed by atoms with van der Waals surface area (Å²) in [6.07, 6.45) is 4.04. The van der Waals surface area contributed by atoms with E-state index in [4.69, 9.17) is 9.26 Å².